The third kappa shape index (κ3) is 11.6. The quantitative estimate of drug-likeness (QED) is 0.173. The van der Waals surface area contributed by atoms with Crippen molar-refractivity contribution in [3.63, 3.8) is 0 Å². The molecule has 0 fully saturated rings. The molecule has 0 unspecified atom stereocenters. The van der Waals surface area contributed by atoms with Crippen molar-refractivity contribution in [3.05, 3.63) is 102 Å². The first-order valence-corrected chi connectivity index (χ1v) is 13.6. The molecule has 0 spiro atoms. The van der Waals surface area contributed by atoms with Gasteiger partial charge < -0.3 is 36.3 Å². The van der Waals surface area contributed by atoms with Gasteiger partial charge in [-0.1, -0.05) is 72.8 Å². The fourth-order valence-corrected chi connectivity index (χ4v) is 3.98. The highest BCUT2D eigenvalue weighted by Gasteiger charge is 2.26. The lowest BCUT2D eigenvalue weighted by atomic mass is 10.0. The van der Waals surface area contributed by atoms with Gasteiger partial charge in [-0.3, -0.25) is 9.59 Å². The molecule has 0 bridgehead atoms. The Morgan fingerprint density at radius 2 is 1.26 bits per heavy atom. The molecule has 6 N–H and O–H groups in total. The van der Waals surface area contributed by atoms with Crippen molar-refractivity contribution < 1.29 is 33.8 Å². The molecule has 4 amide bonds. The van der Waals surface area contributed by atoms with Crippen LogP contribution in [0.5, 0.6) is 5.75 Å². The van der Waals surface area contributed by atoms with Gasteiger partial charge in [0.1, 0.15) is 31.0 Å². The van der Waals surface area contributed by atoms with E-state index < -0.39 is 36.1 Å². The van der Waals surface area contributed by atoms with Gasteiger partial charge in [0.15, 0.2) is 0 Å². The van der Waals surface area contributed by atoms with Crippen LogP contribution in [0.1, 0.15) is 36.0 Å². The third-order valence-electron chi connectivity index (χ3n) is 6.26. The third-order valence-corrected chi connectivity index (χ3v) is 6.26. The zero-order chi connectivity index (χ0) is 30.2. The van der Waals surface area contributed by atoms with Crippen molar-refractivity contribution in [3.8, 4) is 5.75 Å². The molecule has 222 valence electrons. The summed E-state index contributed by atoms with van der Waals surface area (Å²) in [5.74, 6) is -1.29. The number of carbonyl (C=O) groups is 4. The van der Waals surface area contributed by atoms with Gasteiger partial charge in [-0.25, -0.2) is 9.59 Å². The molecule has 0 aliphatic carbocycles. The molecule has 0 aliphatic rings. The van der Waals surface area contributed by atoms with E-state index in [-0.39, 0.29) is 31.8 Å². The van der Waals surface area contributed by atoms with Crippen LogP contribution < -0.4 is 21.7 Å². The summed E-state index contributed by atoms with van der Waals surface area (Å²) in [4.78, 5) is 49.8. The van der Waals surface area contributed by atoms with E-state index in [0.29, 0.717) is 24.9 Å². The first kappa shape index (κ1) is 31.5. The molecule has 0 aromatic heterocycles. The molecule has 0 saturated heterocycles. The Morgan fingerprint density at radius 1 is 0.690 bits per heavy atom. The van der Waals surface area contributed by atoms with E-state index in [1.165, 1.54) is 12.1 Å². The Hall–Kier alpha value is -5.06. The number of hydrogen-bond donors (Lipinski definition) is 5. The van der Waals surface area contributed by atoms with Crippen LogP contribution >= 0.6 is 0 Å². The largest absolute Gasteiger partial charge is 0.508 e. The molecule has 0 aliphatic heterocycles. The minimum absolute atomic E-state index is 0.0147. The van der Waals surface area contributed by atoms with E-state index in [0.717, 1.165) is 11.1 Å². The van der Waals surface area contributed by atoms with Gasteiger partial charge in [0.2, 0.25) is 11.8 Å². The Labute approximate surface area is 244 Å². The molecule has 2 atom stereocenters. The lowest BCUT2D eigenvalue weighted by Gasteiger charge is -2.22. The van der Waals surface area contributed by atoms with Crippen LogP contribution in [0.25, 0.3) is 0 Å². The Balaban J connectivity index is 1.52. The Kier molecular flexibility index (Phi) is 12.7. The smallest absolute Gasteiger partial charge is 0.408 e. The maximum Gasteiger partial charge on any atom is 0.408 e. The van der Waals surface area contributed by atoms with Crippen molar-refractivity contribution >= 4 is 24.0 Å². The summed E-state index contributed by atoms with van der Waals surface area (Å²) in [5.41, 5.74) is 7.86. The average Bonchev–Trinajstić information content (AvgIpc) is 3.00. The lowest BCUT2D eigenvalue weighted by Crippen LogP contribution is -2.53. The van der Waals surface area contributed by atoms with Crippen LogP contribution in [0.3, 0.4) is 0 Å². The highest BCUT2D eigenvalue weighted by atomic mass is 16.6. The van der Waals surface area contributed by atoms with Gasteiger partial charge in [0, 0.05) is 13.0 Å². The first-order valence-electron chi connectivity index (χ1n) is 13.6. The second-order valence-corrected chi connectivity index (χ2v) is 9.58. The number of amides is 4. The molecule has 42 heavy (non-hydrogen) atoms. The van der Waals surface area contributed by atoms with E-state index in [2.05, 4.69) is 16.0 Å². The summed E-state index contributed by atoms with van der Waals surface area (Å²) in [6.07, 6.45) is -0.100. The number of phenolic OH excluding ortho intramolecular Hbond substituents is 1. The van der Waals surface area contributed by atoms with E-state index >= 15 is 0 Å². The minimum Gasteiger partial charge on any atom is -0.508 e. The maximum atomic E-state index is 13.2. The van der Waals surface area contributed by atoms with Crippen molar-refractivity contribution in [1.82, 2.24) is 16.0 Å². The number of primary amides is 1. The van der Waals surface area contributed by atoms with Crippen LogP contribution in [0.4, 0.5) is 9.59 Å². The highest BCUT2D eigenvalue weighted by molar-refractivity contribution is 5.90. The van der Waals surface area contributed by atoms with Crippen molar-refractivity contribution in [2.45, 2.75) is 51.0 Å². The molecule has 0 heterocycles. The van der Waals surface area contributed by atoms with E-state index in [9.17, 15) is 24.3 Å². The van der Waals surface area contributed by atoms with Crippen molar-refractivity contribution in [1.29, 1.82) is 0 Å². The van der Waals surface area contributed by atoms with Gasteiger partial charge >= 0.3 is 12.2 Å². The lowest BCUT2D eigenvalue weighted by molar-refractivity contribution is -0.128. The zero-order valence-corrected chi connectivity index (χ0v) is 23.2. The minimum atomic E-state index is -1.05. The van der Waals surface area contributed by atoms with Crippen LogP contribution in [-0.4, -0.2) is 47.7 Å². The maximum absolute atomic E-state index is 13.2. The first-order chi connectivity index (χ1) is 20.3. The Bertz CT molecular complexity index is 1290. The predicted octanol–water partition coefficient (Wildman–Crippen LogP) is 3.30. The number of unbranched alkanes of at least 4 members (excludes halogenated alkanes) is 1. The highest BCUT2D eigenvalue weighted by Crippen LogP contribution is 2.12. The number of ether oxygens (including phenoxy) is 2. The van der Waals surface area contributed by atoms with Crippen molar-refractivity contribution in [2.75, 3.05) is 6.54 Å². The normalized spacial score (nSPS) is 11.9. The summed E-state index contributed by atoms with van der Waals surface area (Å²) in [6.45, 7) is 0.459. The SMILES string of the molecule is NC(=O)[C@H](Cc1ccc(O)cc1)NC(=O)[C@@H](CCCCNC(=O)OCc1ccccc1)NC(=O)OCc1ccccc1. The number of alkyl carbamates (subject to hydrolysis) is 2. The second-order valence-electron chi connectivity index (χ2n) is 9.58. The standard InChI is InChI=1S/C31H36N4O7/c32-28(37)27(19-22-14-16-25(36)17-15-22)34-29(38)26(35-31(40)42-21-24-11-5-2-6-12-24)13-7-8-18-33-30(39)41-20-23-9-3-1-4-10-23/h1-6,9-12,14-17,26-27,36H,7-8,13,18-21H2,(H2,32,37)(H,33,39)(H,34,38)(H,35,40)/t26-,27+/m1/s1. The molecular formula is C31H36N4O7. The summed E-state index contributed by atoms with van der Waals surface area (Å²) in [5, 5.41) is 17.3. The zero-order valence-electron chi connectivity index (χ0n) is 23.2. The van der Waals surface area contributed by atoms with Crippen LogP contribution in [0.15, 0.2) is 84.9 Å². The monoisotopic (exact) mass is 576 g/mol. The van der Waals surface area contributed by atoms with Crippen molar-refractivity contribution in [2.24, 2.45) is 5.73 Å². The summed E-state index contributed by atoms with van der Waals surface area (Å²) in [7, 11) is 0. The number of phenols is 1. The summed E-state index contributed by atoms with van der Waals surface area (Å²) in [6, 6.07) is 22.5. The fourth-order valence-electron chi connectivity index (χ4n) is 3.98. The Morgan fingerprint density at radius 3 is 1.83 bits per heavy atom. The molecular weight excluding hydrogens is 540 g/mol. The summed E-state index contributed by atoms with van der Waals surface area (Å²) < 4.78 is 10.5. The number of nitrogens with one attached hydrogen (secondary N) is 3. The van der Waals surface area contributed by atoms with Crippen LogP contribution in [0.2, 0.25) is 0 Å². The van der Waals surface area contributed by atoms with Gasteiger partial charge in [-0.05, 0) is 48.1 Å². The molecule has 0 radical (unpaired) electrons. The van der Waals surface area contributed by atoms with Crippen LogP contribution in [-0.2, 0) is 38.7 Å². The number of rotatable bonds is 15. The van der Waals surface area contributed by atoms with E-state index in [4.69, 9.17) is 15.2 Å². The number of nitrogens with two attached hydrogens (primary N) is 1. The molecule has 0 saturated carbocycles. The molecule has 11 heteroatoms. The van der Waals surface area contributed by atoms with Gasteiger partial charge in [-0.2, -0.15) is 0 Å². The van der Waals surface area contributed by atoms with Gasteiger partial charge in [0.05, 0.1) is 0 Å². The number of benzene rings is 3. The van der Waals surface area contributed by atoms with E-state index in [1.807, 2.05) is 48.5 Å². The van der Waals surface area contributed by atoms with E-state index in [1.54, 1.807) is 24.3 Å². The topological polar surface area (TPSA) is 169 Å². The molecule has 11 nitrogen and oxygen atoms in total. The predicted molar refractivity (Wildman–Crippen MR) is 155 cm³/mol. The molecule has 3 aromatic carbocycles. The molecule has 3 rings (SSSR count). The number of carbonyl (C=O) groups excluding carboxylic acids is 4. The number of hydrogen-bond acceptors (Lipinski definition) is 7. The van der Waals surface area contributed by atoms with Gasteiger partial charge in [0.25, 0.3) is 0 Å². The average molecular weight is 577 g/mol. The molecule has 3 aromatic rings. The fraction of sp³-hybridized carbons (Fsp3) is 0.290. The number of aromatic hydroxyl groups is 1. The summed E-state index contributed by atoms with van der Waals surface area (Å²) >= 11 is 0. The van der Waals surface area contributed by atoms with Crippen LogP contribution in [0, 0.1) is 0 Å². The second kappa shape index (κ2) is 16.9. The van der Waals surface area contributed by atoms with Gasteiger partial charge in [-0.15, -0.1) is 0 Å².